The Morgan fingerprint density at radius 1 is 1.33 bits per heavy atom. The molecule has 0 saturated carbocycles. The Morgan fingerprint density at radius 3 is 2.39 bits per heavy atom. The molecule has 0 rings (SSSR count). The molecular formula is C11H21N3O4. The van der Waals surface area contributed by atoms with Crippen molar-refractivity contribution >= 4 is 17.9 Å². The lowest BCUT2D eigenvalue weighted by atomic mass is 10.2. The maximum Gasteiger partial charge on any atom is 0.320 e. The zero-order valence-corrected chi connectivity index (χ0v) is 11.1. The Bertz CT molecular complexity index is 305. The molecule has 0 aromatic rings. The van der Waals surface area contributed by atoms with Crippen LogP contribution in [0.15, 0.2) is 0 Å². The maximum absolute atomic E-state index is 11.3. The van der Waals surface area contributed by atoms with E-state index in [4.69, 9.17) is 10.5 Å². The normalized spacial score (nSPS) is 10.5. The van der Waals surface area contributed by atoms with Crippen molar-refractivity contribution in [3.8, 4) is 0 Å². The highest BCUT2D eigenvalue weighted by Crippen LogP contribution is 2.00. The van der Waals surface area contributed by atoms with Crippen molar-refractivity contribution in [2.24, 2.45) is 5.73 Å². The number of carbonyl (C=O) groups is 3. The molecule has 0 saturated heterocycles. The summed E-state index contributed by atoms with van der Waals surface area (Å²) in [5.74, 6) is -0.793. The molecule has 7 nitrogen and oxygen atoms in total. The van der Waals surface area contributed by atoms with Crippen LogP contribution in [0.4, 0.5) is 4.79 Å². The van der Waals surface area contributed by atoms with Gasteiger partial charge in [-0.15, -0.1) is 0 Å². The zero-order valence-electron chi connectivity index (χ0n) is 11.1. The van der Waals surface area contributed by atoms with Crippen LogP contribution in [0.3, 0.4) is 0 Å². The number of esters is 1. The Hall–Kier alpha value is -1.63. The molecule has 0 aliphatic heterocycles. The molecule has 0 atom stereocenters. The number of nitrogens with zero attached hydrogens (tertiary/aromatic N) is 1. The van der Waals surface area contributed by atoms with Gasteiger partial charge in [-0.05, 0) is 20.8 Å². The molecule has 0 bridgehead atoms. The van der Waals surface area contributed by atoms with E-state index in [1.54, 1.807) is 11.8 Å². The van der Waals surface area contributed by atoms with E-state index in [-0.39, 0.29) is 25.0 Å². The van der Waals surface area contributed by atoms with Gasteiger partial charge >= 0.3 is 12.0 Å². The van der Waals surface area contributed by atoms with E-state index in [1.165, 1.54) is 0 Å². The number of hydrogen-bond acceptors (Lipinski definition) is 5. The molecule has 18 heavy (non-hydrogen) atoms. The number of ether oxygens (including phenoxy) is 1. The van der Waals surface area contributed by atoms with Crippen LogP contribution < -0.4 is 11.1 Å². The molecule has 0 spiro atoms. The quantitative estimate of drug-likeness (QED) is 0.619. The first-order valence-electron chi connectivity index (χ1n) is 5.85. The van der Waals surface area contributed by atoms with Crippen molar-refractivity contribution in [2.75, 3.05) is 19.7 Å². The fraction of sp³-hybridized carbons (Fsp3) is 0.727. The average molecular weight is 259 g/mol. The standard InChI is InChI=1S/C11H21N3O4/c1-4-18-10(16)7-14(8(2)3)6-5-9(15)13-11(12)17/h8H,4-7H2,1-3H3,(H3,12,13,15,17). The van der Waals surface area contributed by atoms with Crippen LogP contribution in [0.5, 0.6) is 0 Å². The van der Waals surface area contributed by atoms with E-state index < -0.39 is 11.9 Å². The van der Waals surface area contributed by atoms with Gasteiger partial charge in [-0.25, -0.2) is 4.79 Å². The van der Waals surface area contributed by atoms with Crippen LogP contribution in [0, 0.1) is 0 Å². The lowest BCUT2D eigenvalue weighted by Crippen LogP contribution is -2.41. The molecule has 0 aromatic heterocycles. The first-order chi connectivity index (χ1) is 8.36. The summed E-state index contributed by atoms with van der Waals surface area (Å²) in [5, 5.41) is 1.97. The highest BCUT2D eigenvalue weighted by Gasteiger charge is 2.16. The summed E-state index contributed by atoms with van der Waals surface area (Å²) in [6, 6.07) is -0.780. The minimum atomic E-state index is -0.874. The molecule has 104 valence electrons. The van der Waals surface area contributed by atoms with Gasteiger partial charge in [-0.1, -0.05) is 0 Å². The van der Waals surface area contributed by atoms with Gasteiger partial charge < -0.3 is 10.5 Å². The Kier molecular flexibility index (Phi) is 7.69. The molecule has 3 N–H and O–H groups in total. The average Bonchev–Trinajstić information content (AvgIpc) is 2.23. The van der Waals surface area contributed by atoms with Gasteiger partial charge in [-0.2, -0.15) is 0 Å². The minimum absolute atomic E-state index is 0.0933. The predicted molar refractivity (Wildman–Crippen MR) is 65.7 cm³/mol. The van der Waals surface area contributed by atoms with Crippen LogP contribution >= 0.6 is 0 Å². The second-order valence-corrected chi connectivity index (χ2v) is 4.03. The topological polar surface area (TPSA) is 102 Å². The molecule has 0 aliphatic rings. The minimum Gasteiger partial charge on any atom is -0.465 e. The van der Waals surface area contributed by atoms with Crippen LogP contribution in [0.2, 0.25) is 0 Å². The van der Waals surface area contributed by atoms with Gasteiger partial charge in [-0.3, -0.25) is 19.8 Å². The van der Waals surface area contributed by atoms with Gasteiger partial charge in [0.15, 0.2) is 0 Å². The van der Waals surface area contributed by atoms with Crippen LogP contribution in [-0.2, 0) is 14.3 Å². The zero-order chi connectivity index (χ0) is 14.1. The number of nitrogens with two attached hydrogens (primary N) is 1. The monoisotopic (exact) mass is 259 g/mol. The molecule has 0 aliphatic carbocycles. The summed E-state index contributed by atoms with van der Waals surface area (Å²) in [6.45, 7) is 6.35. The van der Waals surface area contributed by atoms with Gasteiger partial charge in [0.05, 0.1) is 13.2 Å². The third kappa shape index (κ3) is 7.61. The molecule has 7 heteroatoms. The molecule has 0 fully saturated rings. The first kappa shape index (κ1) is 16.4. The van der Waals surface area contributed by atoms with Crippen molar-refractivity contribution < 1.29 is 19.1 Å². The van der Waals surface area contributed by atoms with Crippen LogP contribution in [0.25, 0.3) is 0 Å². The summed E-state index contributed by atoms with van der Waals surface area (Å²) in [5.41, 5.74) is 4.82. The number of urea groups is 1. The fourth-order valence-corrected chi connectivity index (χ4v) is 1.34. The Balaban J connectivity index is 4.16. The highest BCUT2D eigenvalue weighted by molar-refractivity contribution is 5.93. The molecule has 0 unspecified atom stereocenters. The number of primary amides is 1. The summed E-state index contributed by atoms with van der Waals surface area (Å²) in [4.78, 5) is 34.8. The molecule has 0 aromatic carbocycles. The van der Waals surface area contributed by atoms with E-state index in [9.17, 15) is 14.4 Å². The number of nitrogens with one attached hydrogen (secondary N) is 1. The maximum atomic E-state index is 11.3. The lowest BCUT2D eigenvalue weighted by Gasteiger charge is -2.24. The highest BCUT2D eigenvalue weighted by atomic mass is 16.5. The van der Waals surface area contributed by atoms with Crippen LogP contribution in [-0.4, -0.2) is 48.5 Å². The number of rotatable bonds is 7. The number of hydrogen-bond donors (Lipinski definition) is 2. The molecule has 0 heterocycles. The van der Waals surface area contributed by atoms with E-state index in [0.717, 1.165) is 0 Å². The van der Waals surface area contributed by atoms with Gasteiger partial charge in [0.25, 0.3) is 0 Å². The largest absolute Gasteiger partial charge is 0.465 e. The van der Waals surface area contributed by atoms with Gasteiger partial charge in [0.1, 0.15) is 0 Å². The number of carbonyl (C=O) groups excluding carboxylic acids is 3. The second-order valence-electron chi connectivity index (χ2n) is 4.03. The molecule has 3 amide bonds. The smallest absolute Gasteiger partial charge is 0.320 e. The van der Waals surface area contributed by atoms with E-state index in [2.05, 4.69) is 0 Å². The summed E-state index contributed by atoms with van der Waals surface area (Å²) in [6.07, 6.45) is 0.0977. The first-order valence-corrected chi connectivity index (χ1v) is 5.85. The number of imide groups is 1. The van der Waals surface area contributed by atoms with Gasteiger partial charge in [0.2, 0.25) is 5.91 Å². The summed E-state index contributed by atoms with van der Waals surface area (Å²) >= 11 is 0. The third-order valence-electron chi connectivity index (χ3n) is 2.26. The molecule has 0 radical (unpaired) electrons. The summed E-state index contributed by atoms with van der Waals surface area (Å²) in [7, 11) is 0. The lowest BCUT2D eigenvalue weighted by molar-refractivity contribution is -0.145. The third-order valence-corrected chi connectivity index (χ3v) is 2.26. The Labute approximate surface area is 107 Å². The van der Waals surface area contributed by atoms with Crippen molar-refractivity contribution in [1.29, 1.82) is 0 Å². The predicted octanol–water partition coefficient (Wildman–Crippen LogP) is -0.155. The van der Waals surface area contributed by atoms with Crippen molar-refractivity contribution in [1.82, 2.24) is 10.2 Å². The van der Waals surface area contributed by atoms with E-state index in [1.807, 2.05) is 19.2 Å². The molecular weight excluding hydrogens is 238 g/mol. The van der Waals surface area contributed by atoms with E-state index >= 15 is 0 Å². The summed E-state index contributed by atoms with van der Waals surface area (Å²) < 4.78 is 4.84. The van der Waals surface area contributed by atoms with Crippen molar-refractivity contribution in [3.63, 3.8) is 0 Å². The fourth-order valence-electron chi connectivity index (χ4n) is 1.34. The number of amides is 3. The van der Waals surface area contributed by atoms with E-state index in [0.29, 0.717) is 13.2 Å². The SMILES string of the molecule is CCOC(=O)CN(CCC(=O)NC(N)=O)C(C)C. The Morgan fingerprint density at radius 2 is 1.94 bits per heavy atom. The van der Waals surface area contributed by atoms with Gasteiger partial charge in [0, 0.05) is 19.0 Å². The second kappa shape index (κ2) is 8.46. The van der Waals surface area contributed by atoms with Crippen molar-refractivity contribution in [3.05, 3.63) is 0 Å². The van der Waals surface area contributed by atoms with Crippen LogP contribution in [0.1, 0.15) is 27.2 Å². The van der Waals surface area contributed by atoms with Crippen molar-refractivity contribution in [2.45, 2.75) is 33.2 Å².